The smallest absolute Gasteiger partial charge is 0.238 e. The lowest BCUT2D eigenvalue weighted by molar-refractivity contribution is -0.115. The van der Waals surface area contributed by atoms with Crippen LogP contribution in [0.4, 0.5) is 11.4 Å². The van der Waals surface area contributed by atoms with Crippen molar-refractivity contribution >= 4 is 29.0 Å². The van der Waals surface area contributed by atoms with Crippen LogP contribution in [-0.4, -0.2) is 40.0 Å². The Kier molecular flexibility index (Phi) is 5.08. The molecule has 1 saturated heterocycles. The summed E-state index contributed by atoms with van der Waals surface area (Å²) in [5.74, 6) is 1.93. The maximum absolute atomic E-state index is 12.5. The van der Waals surface area contributed by atoms with Crippen molar-refractivity contribution in [1.82, 2.24) is 0 Å². The SMILES string of the molecule is COc1ccc(C2SCC(=O)N2c2ccc(N(C)C)cc2)cc1OC. The summed E-state index contributed by atoms with van der Waals surface area (Å²) in [5, 5.41) is -0.0717. The Bertz CT molecular complexity index is 762. The van der Waals surface area contributed by atoms with Gasteiger partial charge in [0, 0.05) is 25.5 Å². The van der Waals surface area contributed by atoms with E-state index in [1.165, 1.54) is 0 Å². The van der Waals surface area contributed by atoms with Crippen LogP contribution in [0.1, 0.15) is 10.9 Å². The third-order valence-electron chi connectivity index (χ3n) is 4.20. The molecular weight excluding hydrogens is 336 g/mol. The van der Waals surface area contributed by atoms with Crippen LogP contribution in [0, 0.1) is 0 Å². The van der Waals surface area contributed by atoms with Crippen LogP contribution in [0.25, 0.3) is 0 Å². The predicted octanol–water partition coefficient (Wildman–Crippen LogP) is 3.55. The molecule has 2 aromatic carbocycles. The molecular formula is C19H22N2O3S. The van der Waals surface area contributed by atoms with Gasteiger partial charge in [-0.05, 0) is 42.0 Å². The van der Waals surface area contributed by atoms with Gasteiger partial charge in [0.25, 0.3) is 0 Å². The maximum atomic E-state index is 12.5. The topological polar surface area (TPSA) is 42.0 Å². The van der Waals surface area contributed by atoms with Crippen molar-refractivity contribution < 1.29 is 14.3 Å². The zero-order valence-corrected chi connectivity index (χ0v) is 15.7. The highest BCUT2D eigenvalue weighted by atomic mass is 32.2. The van der Waals surface area contributed by atoms with Gasteiger partial charge < -0.3 is 14.4 Å². The normalized spacial score (nSPS) is 16.9. The molecule has 0 spiro atoms. The van der Waals surface area contributed by atoms with E-state index < -0.39 is 0 Å². The number of rotatable bonds is 5. The first-order chi connectivity index (χ1) is 12.0. The number of nitrogens with zero attached hydrogens (tertiary/aromatic N) is 2. The molecule has 1 fully saturated rings. The molecule has 1 unspecified atom stereocenters. The van der Waals surface area contributed by atoms with E-state index in [0.717, 1.165) is 16.9 Å². The van der Waals surface area contributed by atoms with Crippen LogP contribution in [0.5, 0.6) is 11.5 Å². The molecule has 5 nitrogen and oxygen atoms in total. The molecule has 0 aliphatic carbocycles. The minimum atomic E-state index is -0.0717. The quantitative estimate of drug-likeness (QED) is 0.818. The van der Waals surface area contributed by atoms with Crippen molar-refractivity contribution in [2.75, 3.05) is 43.9 Å². The summed E-state index contributed by atoms with van der Waals surface area (Å²) in [6.07, 6.45) is 0. The van der Waals surface area contributed by atoms with Crippen LogP contribution in [-0.2, 0) is 4.79 Å². The number of thioether (sulfide) groups is 1. The van der Waals surface area contributed by atoms with Crippen LogP contribution >= 0.6 is 11.8 Å². The van der Waals surface area contributed by atoms with Gasteiger partial charge in [-0.25, -0.2) is 0 Å². The summed E-state index contributed by atoms with van der Waals surface area (Å²) in [6, 6.07) is 13.8. The second-order valence-corrected chi connectivity index (χ2v) is 7.02. The highest BCUT2D eigenvalue weighted by molar-refractivity contribution is 8.00. The Morgan fingerprint density at radius 3 is 2.32 bits per heavy atom. The molecule has 2 aromatic rings. The first-order valence-corrected chi connectivity index (χ1v) is 9.03. The number of carbonyl (C=O) groups is 1. The average Bonchev–Trinajstić information content (AvgIpc) is 3.02. The number of hydrogen-bond acceptors (Lipinski definition) is 5. The lowest BCUT2D eigenvalue weighted by Gasteiger charge is -2.25. The summed E-state index contributed by atoms with van der Waals surface area (Å²) in [5.41, 5.74) is 3.02. The minimum absolute atomic E-state index is 0.0717. The van der Waals surface area contributed by atoms with Crippen molar-refractivity contribution in [1.29, 1.82) is 0 Å². The molecule has 25 heavy (non-hydrogen) atoms. The Balaban J connectivity index is 1.94. The number of hydrogen-bond donors (Lipinski definition) is 0. The van der Waals surface area contributed by atoms with Gasteiger partial charge >= 0.3 is 0 Å². The number of methoxy groups -OCH3 is 2. The van der Waals surface area contributed by atoms with Crippen molar-refractivity contribution in [3.8, 4) is 11.5 Å². The molecule has 1 amide bonds. The molecule has 1 atom stereocenters. The highest BCUT2D eigenvalue weighted by Gasteiger charge is 2.34. The summed E-state index contributed by atoms with van der Waals surface area (Å²) in [7, 11) is 7.23. The van der Waals surface area contributed by atoms with Gasteiger partial charge in [-0.15, -0.1) is 11.8 Å². The number of benzene rings is 2. The molecule has 0 aromatic heterocycles. The zero-order chi connectivity index (χ0) is 18.0. The van der Waals surface area contributed by atoms with Gasteiger partial charge in [0.15, 0.2) is 11.5 Å². The van der Waals surface area contributed by atoms with E-state index >= 15 is 0 Å². The van der Waals surface area contributed by atoms with Crippen LogP contribution in [0.15, 0.2) is 42.5 Å². The van der Waals surface area contributed by atoms with E-state index in [9.17, 15) is 4.79 Å². The molecule has 0 N–H and O–H groups in total. The summed E-state index contributed by atoms with van der Waals surface area (Å²) in [4.78, 5) is 16.4. The fourth-order valence-corrected chi connectivity index (χ4v) is 4.03. The fourth-order valence-electron chi connectivity index (χ4n) is 2.87. The van der Waals surface area contributed by atoms with E-state index in [0.29, 0.717) is 17.3 Å². The van der Waals surface area contributed by atoms with Crippen molar-refractivity contribution in [3.63, 3.8) is 0 Å². The van der Waals surface area contributed by atoms with Crippen molar-refractivity contribution in [2.24, 2.45) is 0 Å². The van der Waals surface area contributed by atoms with Crippen LogP contribution in [0.2, 0.25) is 0 Å². The van der Waals surface area contributed by atoms with Crippen molar-refractivity contribution in [3.05, 3.63) is 48.0 Å². The fraction of sp³-hybridized carbons (Fsp3) is 0.316. The third kappa shape index (κ3) is 3.39. The number of carbonyl (C=O) groups excluding carboxylic acids is 1. The molecule has 0 radical (unpaired) electrons. The summed E-state index contributed by atoms with van der Waals surface area (Å²) in [6.45, 7) is 0. The maximum Gasteiger partial charge on any atom is 0.238 e. The Hall–Kier alpha value is -2.34. The monoisotopic (exact) mass is 358 g/mol. The lowest BCUT2D eigenvalue weighted by Crippen LogP contribution is -2.27. The Labute approximate surface area is 152 Å². The Morgan fingerprint density at radius 2 is 1.72 bits per heavy atom. The minimum Gasteiger partial charge on any atom is -0.493 e. The van der Waals surface area contributed by atoms with Crippen molar-refractivity contribution in [2.45, 2.75) is 5.37 Å². The number of anilines is 2. The molecule has 0 saturated carbocycles. The van der Waals surface area contributed by atoms with E-state index in [4.69, 9.17) is 9.47 Å². The van der Waals surface area contributed by atoms with Gasteiger partial charge in [-0.3, -0.25) is 9.69 Å². The Morgan fingerprint density at radius 1 is 1.04 bits per heavy atom. The molecule has 3 rings (SSSR count). The molecule has 1 heterocycles. The molecule has 1 aliphatic heterocycles. The standard InChI is InChI=1S/C19H22N2O3S/c1-20(2)14-6-8-15(9-7-14)21-18(22)12-25-19(21)13-5-10-16(23-3)17(11-13)24-4/h5-11,19H,12H2,1-4H3. The van der Waals surface area contributed by atoms with Gasteiger partial charge in [0.1, 0.15) is 5.37 Å². The predicted molar refractivity (Wildman–Crippen MR) is 103 cm³/mol. The largest absolute Gasteiger partial charge is 0.493 e. The van der Waals surface area contributed by atoms with Crippen LogP contribution < -0.4 is 19.3 Å². The van der Waals surface area contributed by atoms with Gasteiger partial charge in [0.2, 0.25) is 5.91 Å². The van der Waals surface area contributed by atoms with Crippen LogP contribution in [0.3, 0.4) is 0 Å². The molecule has 6 heteroatoms. The number of ether oxygens (including phenoxy) is 2. The van der Waals surface area contributed by atoms with E-state index in [-0.39, 0.29) is 11.3 Å². The van der Waals surface area contributed by atoms with E-state index in [1.807, 2.05) is 66.4 Å². The summed E-state index contributed by atoms with van der Waals surface area (Å²) >= 11 is 1.62. The second-order valence-electron chi connectivity index (χ2n) is 5.95. The van der Waals surface area contributed by atoms with Gasteiger partial charge in [-0.2, -0.15) is 0 Å². The van der Waals surface area contributed by atoms with Gasteiger partial charge in [-0.1, -0.05) is 6.07 Å². The summed E-state index contributed by atoms with van der Waals surface area (Å²) < 4.78 is 10.7. The highest BCUT2D eigenvalue weighted by Crippen LogP contribution is 2.44. The third-order valence-corrected chi connectivity index (χ3v) is 5.42. The number of amides is 1. The molecule has 0 bridgehead atoms. The first-order valence-electron chi connectivity index (χ1n) is 7.98. The zero-order valence-electron chi connectivity index (χ0n) is 14.9. The van der Waals surface area contributed by atoms with E-state index in [1.54, 1.807) is 26.0 Å². The van der Waals surface area contributed by atoms with Gasteiger partial charge in [0.05, 0.1) is 20.0 Å². The second kappa shape index (κ2) is 7.27. The van der Waals surface area contributed by atoms with E-state index in [2.05, 4.69) is 0 Å². The lowest BCUT2D eigenvalue weighted by atomic mass is 10.1. The first kappa shape index (κ1) is 17.5. The average molecular weight is 358 g/mol. The molecule has 132 valence electrons. The molecule has 1 aliphatic rings.